The van der Waals surface area contributed by atoms with Crippen LogP contribution in [0.15, 0.2) is 94.4 Å². The van der Waals surface area contributed by atoms with Crippen LogP contribution in [0.2, 0.25) is 0 Å². The Balaban J connectivity index is 1.92. The summed E-state index contributed by atoms with van der Waals surface area (Å²) >= 11 is 0. The molecule has 1 N–H and O–H groups in total. The third-order valence-corrected chi connectivity index (χ3v) is 7.14. The molecule has 1 heterocycles. The van der Waals surface area contributed by atoms with E-state index in [2.05, 4.69) is 0 Å². The van der Waals surface area contributed by atoms with Crippen LogP contribution in [0.25, 0.3) is 0 Å². The quantitative estimate of drug-likeness (QED) is 0.645. The Bertz CT molecular complexity index is 1250. The lowest BCUT2D eigenvalue weighted by atomic mass is 10.0. The van der Waals surface area contributed by atoms with E-state index >= 15 is 0 Å². The Kier molecular flexibility index (Phi) is 5.29. The fraction of sp³-hybridized carbons (Fsp3) is 0.125. The molecule has 0 unspecified atom stereocenters. The zero-order valence-electron chi connectivity index (χ0n) is 17.0. The minimum absolute atomic E-state index is 0.0121. The maximum absolute atomic E-state index is 13.5. The number of carbonyl (C=O) groups excluding carboxylic acids is 1. The Morgan fingerprint density at radius 2 is 1.52 bits per heavy atom. The first-order valence-electron chi connectivity index (χ1n) is 9.62. The van der Waals surface area contributed by atoms with E-state index in [-0.39, 0.29) is 9.80 Å². The fourth-order valence-corrected chi connectivity index (χ4v) is 5.29. The summed E-state index contributed by atoms with van der Waals surface area (Å²) in [5, 5.41) is 10.8. The van der Waals surface area contributed by atoms with Gasteiger partial charge in [-0.05, 0) is 48.9 Å². The second-order valence-electron chi connectivity index (χ2n) is 7.22. The number of rotatable bonds is 5. The molecule has 1 aliphatic heterocycles. The SMILES string of the molecule is COc1ccc(N2C(=O)C(O)=C(S(=O)(=O)c3ccccc3)[C@@H]2c2ccc(C)cc2)cc1. The van der Waals surface area contributed by atoms with Gasteiger partial charge in [-0.2, -0.15) is 0 Å². The summed E-state index contributed by atoms with van der Waals surface area (Å²) in [6.45, 7) is 1.92. The molecule has 0 fully saturated rings. The Morgan fingerprint density at radius 1 is 0.903 bits per heavy atom. The highest BCUT2D eigenvalue weighted by Crippen LogP contribution is 2.45. The van der Waals surface area contributed by atoms with Gasteiger partial charge in [0.1, 0.15) is 16.7 Å². The minimum atomic E-state index is -4.14. The van der Waals surface area contributed by atoms with Crippen molar-refractivity contribution in [2.24, 2.45) is 0 Å². The van der Waals surface area contributed by atoms with Crippen molar-refractivity contribution in [3.05, 3.63) is 101 Å². The molecule has 1 atom stereocenters. The molecule has 0 aromatic heterocycles. The van der Waals surface area contributed by atoms with Gasteiger partial charge in [-0.1, -0.05) is 48.0 Å². The number of amides is 1. The van der Waals surface area contributed by atoms with Crippen LogP contribution >= 0.6 is 0 Å². The predicted octanol–water partition coefficient (Wildman–Crippen LogP) is 4.34. The highest BCUT2D eigenvalue weighted by molar-refractivity contribution is 7.95. The maximum Gasteiger partial charge on any atom is 0.295 e. The molecule has 3 aromatic rings. The zero-order valence-corrected chi connectivity index (χ0v) is 17.8. The molecule has 31 heavy (non-hydrogen) atoms. The molecule has 1 amide bonds. The molecular weight excluding hydrogens is 414 g/mol. The second-order valence-corrected chi connectivity index (χ2v) is 9.13. The van der Waals surface area contributed by atoms with Crippen LogP contribution < -0.4 is 9.64 Å². The van der Waals surface area contributed by atoms with Gasteiger partial charge < -0.3 is 9.84 Å². The standard InChI is InChI=1S/C24H21NO5S/c1-16-8-10-17(11-9-16)21-23(31(28,29)20-6-4-3-5-7-20)22(26)24(27)25(21)18-12-14-19(30-2)15-13-18/h3-15,21,26H,1-2H3/t21-/m0/s1. The smallest absolute Gasteiger partial charge is 0.295 e. The van der Waals surface area contributed by atoms with Crippen LogP contribution in [-0.4, -0.2) is 26.5 Å². The number of anilines is 1. The molecule has 3 aromatic carbocycles. The fourth-order valence-electron chi connectivity index (χ4n) is 3.64. The number of sulfone groups is 1. The number of benzene rings is 3. The number of aliphatic hydroxyl groups excluding tert-OH is 1. The van der Waals surface area contributed by atoms with Crippen molar-refractivity contribution in [3.63, 3.8) is 0 Å². The van der Waals surface area contributed by atoms with Crippen LogP contribution in [0.3, 0.4) is 0 Å². The van der Waals surface area contributed by atoms with Crippen molar-refractivity contribution in [2.75, 3.05) is 12.0 Å². The Labute approximate surface area is 180 Å². The minimum Gasteiger partial charge on any atom is -0.502 e. The number of hydrogen-bond donors (Lipinski definition) is 1. The van der Waals surface area contributed by atoms with Crippen molar-refractivity contribution in [2.45, 2.75) is 17.9 Å². The molecule has 7 heteroatoms. The van der Waals surface area contributed by atoms with Gasteiger partial charge in [0.2, 0.25) is 9.84 Å². The predicted molar refractivity (Wildman–Crippen MR) is 118 cm³/mol. The molecule has 0 aliphatic carbocycles. The normalized spacial score (nSPS) is 16.6. The number of aryl methyl sites for hydroxylation is 1. The molecule has 4 rings (SSSR count). The number of nitrogens with zero attached hydrogens (tertiary/aromatic N) is 1. The van der Waals surface area contributed by atoms with E-state index in [1.54, 1.807) is 54.6 Å². The molecule has 1 aliphatic rings. The molecule has 0 saturated heterocycles. The van der Waals surface area contributed by atoms with Gasteiger partial charge in [-0.25, -0.2) is 8.42 Å². The average Bonchev–Trinajstić information content (AvgIpc) is 3.06. The summed E-state index contributed by atoms with van der Waals surface area (Å²) in [5.74, 6) is -0.952. The summed E-state index contributed by atoms with van der Waals surface area (Å²) in [5.41, 5.74) is 2.01. The highest BCUT2D eigenvalue weighted by Gasteiger charge is 2.47. The van der Waals surface area contributed by atoms with E-state index in [1.165, 1.54) is 24.1 Å². The molecule has 0 saturated carbocycles. The van der Waals surface area contributed by atoms with E-state index in [1.807, 2.05) is 19.1 Å². The van der Waals surface area contributed by atoms with Crippen molar-refractivity contribution < 1.29 is 23.1 Å². The second kappa shape index (κ2) is 7.92. The van der Waals surface area contributed by atoms with E-state index in [0.29, 0.717) is 17.0 Å². The number of ether oxygens (including phenoxy) is 1. The lowest BCUT2D eigenvalue weighted by Crippen LogP contribution is -2.31. The van der Waals surface area contributed by atoms with Gasteiger partial charge >= 0.3 is 0 Å². The highest BCUT2D eigenvalue weighted by atomic mass is 32.2. The summed E-state index contributed by atoms with van der Waals surface area (Å²) in [6.07, 6.45) is 0. The summed E-state index contributed by atoms with van der Waals surface area (Å²) in [4.78, 5) is 14.1. The van der Waals surface area contributed by atoms with Crippen LogP contribution in [-0.2, 0) is 14.6 Å². The van der Waals surface area contributed by atoms with Crippen LogP contribution in [0, 0.1) is 6.92 Å². The van der Waals surface area contributed by atoms with Gasteiger partial charge in [0.25, 0.3) is 5.91 Å². The molecular formula is C24H21NO5S. The largest absolute Gasteiger partial charge is 0.502 e. The summed E-state index contributed by atoms with van der Waals surface area (Å²) in [7, 11) is -2.61. The summed E-state index contributed by atoms with van der Waals surface area (Å²) < 4.78 is 32.2. The molecule has 0 bridgehead atoms. The Morgan fingerprint density at radius 3 is 2.10 bits per heavy atom. The number of hydrogen-bond acceptors (Lipinski definition) is 5. The molecule has 6 nitrogen and oxygen atoms in total. The van der Waals surface area contributed by atoms with Crippen LogP contribution in [0.5, 0.6) is 5.75 Å². The van der Waals surface area contributed by atoms with Crippen molar-refractivity contribution in [3.8, 4) is 5.75 Å². The first-order valence-corrected chi connectivity index (χ1v) is 11.1. The van der Waals surface area contributed by atoms with Crippen molar-refractivity contribution >= 4 is 21.4 Å². The first kappa shape index (κ1) is 20.7. The lowest BCUT2D eigenvalue weighted by molar-refractivity contribution is -0.117. The van der Waals surface area contributed by atoms with E-state index in [0.717, 1.165) is 5.56 Å². The first-order chi connectivity index (χ1) is 14.8. The zero-order chi connectivity index (χ0) is 22.2. The van der Waals surface area contributed by atoms with Gasteiger partial charge in [-0.3, -0.25) is 9.69 Å². The third kappa shape index (κ3) is 3.57. The van der Waals surface area contributed by atoms with Gasteiger partial charge in [0.15, 0.2) is 5.76 Å². The Hall–Kier alpha value is -3.58. The molecule has 0 radical (unpaired) electrons. The molecule has 158 valence electrons. The van der Waals surface area contributed by atoms with Crippen LogP contribution in [0.4, 0.5) is 5.69 Å². The number of aliphatic hydroxyl groups is 1. The van der Waals surface area contributed by atoms with E-state index < -0.39 is 27.5 Å². The third-order valence-electron chi connectivity index (χ3n) is 5.25. The van der Waals surface area contributed by atoms with Gasteiger partial charge in [0, 0.05) is 5.69 Å². The van der Waals surface area contributed by atoms with Crippen LogP contribution in [0.1, 0.15) is 17.2 Å². The molecule has 0 spiro atoms. The van der Waals surface area contributed by atoms with E-state index in [9.17, 15) is 18.3 Å². The summed E-state index contributed by atoms with van der Waals surface area (Å²) in [6, 6.07) is 20.7. The maximum atomic E-state index is 13.5. The topological polar surface area (TPSA) is 83.9 Å². The van der Waals surface area contributed by atoms with Crippen molar-refractivity contribution in [1.29, 1.82) is 0 Å². The monoisotopic (exact) mass is 435 g/mol. The number of methoxy groups -OCH3 is 1. The van der Waals surface area contributed by atoms with Crippen molar-refractivity contribution in [1.82, 2.24) is 0 Å². The lowest BCUT2D eigenvalue weighted by Gasteiger charge is -2.27. The van der Waals surface area contributed by atoms with E-state index in [4.69, 9.17) is 4.74 Å². The van der Waals surface area contributed by atoms with Gasteiger partial charge in [-0.15, -0.1) is 0 Å². The van der Waals surface area contributed by atoms with Gasteiger partial charge in [0.05, 0.1) is 12.0 Å². The number of carbonyl (C=O) groups is 1. The average molecular weight is 436 g/mol.